The number of aromatic nitrogens is 2. The molecular weight excluding hydrogens is 272 g/mol. The van der Waals surface area contributed by atoms with Crippen LogP contribution in [0.4, 0.5) is 0 Å². The van der Waals surface area contributed by atoms with E-state index in [1.807, 2.05) is 24.3 Å². The van der Waals surface area contributed by atoms with E-state index in [9.17, 15) is 0 Å². The summed E-state index contributed by atoms with van der Waals surface area (Å²) in [6.07, 6.45) is 0.774. The van der Waals surface area contributed by atoms with Gasteiger partial charge in [0.1, 0.15) is 11.0 Å². The van der Waals surface area contributed by atoms with E-state index < -0.39 is 0 Å². The van der Waals surface area contributed by atoms with Crippen LogP contribution >= 0.6 is 11.6 Å². The molecule has 1 unspecified atom stereocenters. The van der Waals surface area contributed by atoms with Crippen LogP contribution in [-0.4, -0.2) is 29.6 Å². The van der Waals surface area contributed by atoms with Crippen LogP contribution in [-0.2, 0) is 6.42 Å². The molecule has 1 aromatic heterocycles. The van der Waals surface area contributed by atoms with E-state index in [2.05, 4.69) is 32.7 Å². The molecule has 1 aliphatic rings. The lowest BCUT2D eigenvalue weighted by atomic mass is 10.1. The summed E-state index contributed by atoms with van der Waals surface area (Å²) in [5.41, 5.74) is 2.18. The second-order valence-corrected chi connectivity index (χ2v) is 5.30. The Morgan fingerprint density at radius 2 is 2.00 bits per heavy atom. The molecule has 1 aliphatic heterocycles. The third-order valence-corrected chi connectivity index (χ3v) is 3.54. The number of halogens is 1. The Morgan fingerprint density at radius 3 is 2.75 bits per heavy atom. The van der Waals surface area contributed by atoms with Gasteiger partial charge in [-0.3, -0.25) is 0 Å². The molecule has 20 heavy (non-hydrogen) atoms. The van der Waals surface area contributed by atoms with Crippen LogP contribution in [0.1, 0.15) is 23.1 Å². The smallest absolute Gasteiger partial charge is 0.148 e. The van der Waals surface area contributed by atoms with Crippen LogP contribution in [0.5, 0.6) is 0 Å². The van der Waals surface area contributed by atoms with Crippen molar-refractivity contribution in [1.29, 1.82) is 0 Å². The average Bonchev–Trinajstić information content (AvgIpc) is 2.49. The SMILES string of the molecule is Clc1cc(Cc2ccccc2)nc(C2CNCCN2)n1. The molecule has 1 aromatic carbocycles. The van der Waals surface area contributed by atoms with Gasteiger partial charge in [0.15, 0.2) is 0 Å². The van der Waals surface area contributed by atoms with Gasteiger partial charge in [0, 0.05) is 26.1 Å². The molecule has 1 saturated heterocycles. The minimum absolute atomic E-state index is 0.136. The first-order valence-electron chi connectivity index (χ1n) is 6.82. The summed E-state index contributed by atoms with van der Waals surface area (Å²) in [6, 6.07) is 12.2. The maximum Gasteiger partial charge on any atom is 0.148 e. The van der Waals surface area contributed by atoms with Gasteiger partial charge in [-0.25, -0.2) is 9.97 Å². The van der Waals surface area contributed by atoms with E-state index >= 15 is 0 Å². The lowest BCUT2D eigenvalue weighted by Gasteiger charge is -2.23. The molecule has 0 radical (unpaired) electrons. The van der Waals surface area contributed by atoms with E-state index in [1.54, 1.807) is 0 Å². The minimum Gasteiger partial charge on any atom is -0.313 e. The summed E-state index contributed by atoms with van der Waals surface area (Å²) in [7, 11) is 0. The molecule has 0 aliphatic carbocycles. The molecule has 0 amide bonds. The van der Waals surface area contributed by atoms with Crippen LogP contribution in [0.2, 0.25) is 5.15 Å². The molecule has 1 atom stereocenters. The monoisotopic (exact) mass is 288 g/mol. The van der Waals surface area contributed by atoms with Crippen LogP contribution in [0.3, 0.4) is 0 Å². The summed E-state index contributed by atoms with van der Waals surface area (Å²) < 4.78 is 0. The lowest BCUT2D eigenvalue weighted by Crippen LogP contribution is -2.43. The second-order valence-electron chi connectivity index (χ2n) is 4.91. The van der Waals surface area contributed by atoms with Crippen molar-refractivity contribution in [3.8, 4) is 0 Å². The van der Waals surface area contributed by atoms with E-state index in [-0.39, 0.29) is 6.04 Å². The van der Waals surface area contributed by atoms with Gasteiger partial charge in [-0.1, -0.05) is 41.9 Å². The van der Waals surface area contributed by atoms with Crippen molar-refractivity contribution in [2.45, 2.75) is 12.5 Å². The fourth-order valence-corrected chi connectivity index (χ4v) is 2.58. The Hall–Kier alpha value is -1.49. The summed E-state index contributed by atoms with van der Waals surface area (Å²) >= 11 is 6.14. The standard InChI is InChI=1S/C15H17ClN4/c16-14-9-12(8-11-4-2-1-3-5-11)19-15(20-14)13-10-17-6-7-18-13/h1-5,9,13,17-18H,6-8,10H2. The number of piperazine rings is 1. The normalized spacial score (nSPS) is 18.9. The fourth-order valence-electron chi connectivity index (χ4n) is 2.37. The van der Waals surface area contributed by atoms with Gasteiger partial charge in [-0.2, -0.15) is 0 Å². The predicted molar refractivity (Wildman–Crippen MR) is 79.9 cm³/mol. The van der Waals surface area contributed by atoms with Gasteiger partial charge < -0.3 is 10.6 Å². The number of nitrogens with zero attached hydrogens (tertiary/aromatic N) is 2. The molecule has 2 heterocycles. The molecule has 4 nitrogen and oxygen atoms in total. The van der Waals surface area contributed by atoms with Crippen molar-refractivity contribution in [1.82, 2.24) is 20.6 Å². The minimum atomic E-state index is 0.136. The molecule has 104 valence electrons. The van der Waals surface area contributed by atoms with Crippen LogP contribution in [0.15, 0.2) is 36.4 Å². The van der Waals surface area contributed by atoms with Crippen molar-refractivity contribution in [3.05, 3.63) is 58.6 Å². The first-order valence-corrected chi connectivity index (χ1v) is 7.20. The van der Waals surface area contributed by atoms with Gasteiger partial charge in [0.25, 0.3) is 0 Å². The highest BCUT2D eigenvalue weighted by atomic mass is 35.5. The maximum absolute atomic E-state index is 6.14. The molecule has 5 heteroatoms. The van der Waals surface area contributed by atoms with Gasteiger partial charge in [-0.15, -0.1) is 0 Å². The molecule has 0 saturated carbocycles. The number of benzene rings is 1. The van der Waals surface area contributed by atoms with Crippen molar-refractivity contribution in [2.75, 3.05) is 19.6 Å². The Bertz CT molecular complexity index is 567. The molecule has 1 fully saturated rings. The Morgan fingerprint density at radius 1 is 1.15 bits per heavy atom. The van der Waals surface area contributed by atoms with Crippen LogP contribution in [0.25, 0.3) is 0 Å². The average molecular weight is 289 g/mol. The second kappa shape index (κ2) is 6.31. The van der Waals surface area contributed by atoms with E-state index in [1.165, 1.54) is 5.56 Å². The van der Waals surface area contributed by atoms with E-state index in [0.717, 1.165) is 37.6 Å². The number of hydrogen-bond donors (Lipinski definition) is 2. The van der Waals surface area contributed by atoms with E-state index in [0.29, 0.717) is 5.15 Å². The fraction of sp³-hybridized carbons (Fsp3) is 0.333. The molecule has 2 aromatic rings. The van der Waals surface area contributed by atoms with Gasteiger partial charge in [-0.05, 0) is 11.6 Å². The topological polar surface area (TPSA) is 49.8 Å². The summed E-state index contributed by atoms with van der Waals surface area (Å²) in [4.78, 5) is 9.01. The van der Waals surface area contributed by atoms with Crippen molar-refractivity contribution >= 4 is 11.6 Å². The lowest BCUT2D eigenvalue weighted by molar-refractivity contribution is 0.414. The highest BCUT2D eigenvalue weighted by Crippen LogP contribution is 2.16. The zero-order valence-electron chi connectivity index (χ0n) is 11.1. The van der Waals surface area contributed by atoms with Crippen molar-refractivity contribution in [3.63, 3.8) is 0 Å². The zero-order chi connectivity index (χ0) is 13.8. The molecule has 0 bridgehead atoms. The first-order chi connectivity index (χ1) is 9.81. The largest absolute Gasteiger partial charge is 0.313 e. The Labute approximate surface area is 123 Å². The Kier molecular flexibility index (Phi) is 4.25. The highest BCUT2D eigenvalue weighted by molar-refractivity contribution is 6.29. The van der Waals surface area contributed by atoms with E-state index in [4.69, 9.17) is 11.6 Å². The van der Waals surface area contributed by atoms with Gasteiger partial charge in [0.05, 0.1) is 11.7 Å². The number of rotatable bonds is 3. The third-order valence-electron chi connectivity index (χ3n) is 3.35. The van der Waals surface area contributed by atoms with Crippen LogP contribution < -0.4 is 10.6 Å². The van der Waals surface area contributed by atoms with Crippen molar-refractivity contribution in [2.24, 2.45) is 0 Å². The third kappa shape index (κ3) is 3.33. The number of hydrogen-bond acceptors (Lipinski definition) is 4. The van der Waals surface area contributed by atoms with Gasteiger partial charge in [0.2, 0.25) is 0 Å². The maximum atomic E-state index is 6.14. The zero-order valence-corrected chi connectivity index (χ0v) is 11.9. The predicted octanol–water partition coefficient (Wildman–Crippen LogP) is 1.95. The summed E-state index contributed by atoms with van der Waals surface area (Å²) in [6.45, 7) is 2.74. The first kappa shape index (κ1) is 13.5. The molecule has 3 rings (SSSR count). The van der Waals surface area contributed by atoms with Gasteiger partial charge >= 0.3 is 0 Å². The molecule has 2 N–H and O–H groups in total. The summed E-state index contributed by atoms with van der Waals surface area (Å²) in [5, 5.41) is 7.25. The quantitative estimate of drug-likeness (QED) is 0.848. The Balaban J connectivity index is 1.82. The summed E-state index contributed by atoms with van der Waals surface area (Å²) in [5.74, 6) is 0.774. The highest BCUT2D eigenvalue weighted by Gasteiger charge is 2.18. The molecule has 0 spiro atoms. The van der Waals surface area contributed by atoms with Crippen molar-refractivity contribution < 1.29 is 0 Å². The number of nitrogens with one attached hydrogen (secondary N) is 2. The van der Waals surface area contributed by atoms with Crippen LogP contribution in [0, 0.1) is 0 Å². The molecular formula is C15H17ClN4.